The molecule has 0 spiro atoms. The lowest BCUT2D eigenvalue weighted by Gasteiger charge is -2.23. The Balaban J connectivity index is 2.42. The number of carbonyl (C=O) groups excluding carboxylic acids is 1. The van der Waals surface area contributed by atoms with Crippen LogP contribution in [0, 0.1) is 17.3 Å². The predicted octanol–water partition coefficient (Wildman–Crippen LogP) is 2.43. The number of carboxylic acids is 1. The predicted molar refractivity (Wildman–Crippen MR) is 70.2 cm³/mol. The molecule has 1 unspecified atom stereocenters. The molecular weight excluding hydrogens is 230 g/mol. The van der Waals surface area contributed by atoms with Crippen LogP contribution < -0.4 is 5.32 Å². The number of hydrogen-bond donors (Lipinski definition) is 2. The van der Waals surface area contributed by atoms with Crippen molar-refractivity contribution in [1.82, 2.24) is 5.32 Å². The third-order valence-electron chi connectivity index (χ3n) is 3.46. The minimum atomic E-state index is -0.823. The zero-order valence-electron chi connectivity index (χ0n) is 11.7. The lowest BCUT2D eigenvalue weighted by Crippen LogP contribution is -2.37. The SMILES string of the molecule is CC(C)(C)CC(CNC(=O)C1CCCC1)C(=O)O. The van der Waals surface area contributed by atoms with Crippen LogP contribution in [0.15, 0.2) is 0 Å². The van der Waals surface area contributed by atoms with Crippen LogP contribution in [0.5, 0.6) is 0 Å². The van der Waals surface area contributed by atoms with Crippen LogP contribution in [0.25, 0.3) is 0 Å². The Labute approximate surface area is 109 Å². The number of hydrogen-bond acceptors (Lipinski definition) is 2. The van der Waals surface area contributed by atoms with Gasteiger partial charge >= 0.3 is 5.97 Å². The summed E-state index contributed by atoms with van der Waals surface area (Å²) in [6.45, 7) is 6.30. The van der Waals surface area contributed by atoms with Crippen molar-refractivity contribution in [3.8, 4) is 0 Å². The van der Waals surface area contributed by atoms with Gasteiger partial charge in [0.15, 0.2) is 0 Å². The fraction of sp³-hybridized carbons (Fsp3) is 0.857. The summed E-state index contributed by atoms with van der Waals surface area (Å²) < 4.78 is 0. The largest absolute Gasteiger partial charge is 0.481 e. The molecule has 2 N–H and O–H groups in total. The van der Waals surface area contributed by atoms with E-state index in [9.17, 15) is 9.59 Å². The standard InChI is InChI=1S/C14H25NO3/c1-14(2,3)8-11(13(17)18)9-15-12(16)10-6-4-5-7-10/h10-11H,4-9H2,1-3H3,(H,15,16)(H,17,18). The number of carboxylic acid groups (broad SMARTS) is 1. The van der Waals surface area contributed by atoms with E-state index in [1.807, 2.05) is 20.8 Å². The number of carbonyl (C=O) groups is 2. The molecule has 1 fully saturated rings. The van der Waals surface area contributed by atoms with Gasteiger partial charge in [-0.05, 0) is 24.7 Å². The number of aliphatic carboxylic acids is 1. The fourth-order valence-corrected chi connectivity index (χ4v) is 2.54. The average molecular weight is 255 g/mol. The van der Waals surface area contributed by atoms with Gasteiger partial charge in [-0.2, -0.15) is 0 Å². The van der Waals surface area contributed by atoms with Crippen molar-refractivity contribution >= 4 is 11.9 Å². The van der Waals surface area contributed by atoms with E-state index in [0.29, 0.717) is 6.42 Å². The van der Waals surface area contributed by atoms with Crippen LogP contribution in [0.1, 0.15) is 52.9 Å². The Bertz CT molecular complexity index is 301. The van der Waals surface area contributed by atoms with E-state index in [4.69, 9.17) is 5.11 Å². The Morgan fingerprint density at radius 1 is 1.28 bits per heavy atom. The molecule has 104 valence electrons. The zero-order valence-corrected chi connectivity index (χ0v) is 11.7. The molecule has 0 aliphatic heterocycles. The van der Waals surface area contributed by atoms with Crippen molar-refractivity contribution in [3.63, 3.8) is 0 Å². The monoisotopic (exact) mass is 255 g/mol. The minimum Gasteiger partial charge on any atom is -0.481 e. The highest BCUT2D eigenvalue weighted by Gasteiger charge is 2.27. The normalized spacial score (nSPS) is 18.6. The molecule has 1 saturated carbocycles. The summed E-state index contributed by atoms with van der Waals surface area (Å²) >= 11 is 0. The third kappa shape index (κ3) is 5.07. The molecule has 1 atom stereocenters. The summed E-state index contributed by atoms with van der Waals surface area (Å²) in [6.07, 6.45) is 4.70. The summed E-state index contributed by atoms with van der Waals surface area (Å²) in [5.41, 5.74) is -0.0405. The quantitative estimate of drug-likeness (QED) is 0.793. The smallest absolute Gasteiger partial charge is 0.308 e. The van der Waals surface area contributed by atoms with Gasteiger partial charge in [0.2, 0.25) is 5.91 Å². The molecule has 0 aromatic heterocycles. The van der Waals surface area contributed by atoms with Crippen molar-refractivity contribution in [2.75, 3.05) is 6.54 Å². The molecule has 0 aromatic carbocycles. The Morgan fingerprint density at radius 3 is 2.28 bits per heavy atom. The second-order valence-corrected chi connectivity index (χ2v) is 6.53. The van der Waals surface area contributed by atoms with Crippen molar-refractivity contribution in [1.29, 1.82) is 0 Å². The summed E-state index contributed by atoms with van der Waals surface area (Å²) in [4.78, 5) is 23.0. The number of nitrogens with one attached hydrogen (secondary N) is 1. The van der Waals surface area contributed by atoms with Crippen LogP contribution in [0.2, 0.25) is 0 Å². The molecule has 4 heteroatoms. The molecule has 0 saturated heterocycles. The molecule has 4 nitrogen and oxygen atoms in total. The summed E-state index contributed by atoms with van der Waals surface area (Å²) in [6, 6.07) is 0. The Morgan fingerprint density at radius 2 is 1.83 bits per heavy atom. The zero-order chi connectivity index (χ0) is 13.8. The number of rotatable bonds is 5. The van der Waals surface area contributed by atoms with E-state index in [1.165, 1.54) is 0 Å². The first-order valence-corrected chi connectivity index (χ1v) is 6.80. The molecule has 0 bridgehead atoms. The van der Waals surface area contributed by atoms with Gasteiger partial charge in [0.05, 0.1) is 5.92 Å². The van der Waals surface area contributed by atoms with E-state index < -0.39 is 11.9 Å². The van der Waals surface area contributed by atoms with Crippen molar-refractivity contribution in [2.24, 2.45) is 17.3 Å². The summed E-state index contributed by atoms with van der Waals surface area (Å²) in [5.74, 6) is -1.17. The topological polar surface area (TPSA) is 66.4 Å². The van der Waals surface area contributed by atoms with Crippen LogP contribution in [-0.2, 0) is 9.59 Å². The maximum atomic E-state index is 11.8. The fourth-order valence-electron chi connectivity index (χ4n) is 2.54. The van der Waals surface area contributed by atoms with Gasteiger partial charge in [0.25, 0.3) is 0 Å². The Hall–Kier alpha value is -1.06. The lowest BCUT2D eigenvalue weighted by molar-refractivity contribution is -0.142. The molecule has 0 aromatic rings. The van der Waals surface area contributed by atoms with Gasteiger partial charge in [-0.1, -0.05) is 33.6 Å². The molecule has 1 aliphatic carbocycles. The first-order chi connectivity index (χ1) is 8.29. The molecular formula is C14H25NO3. The van der Waals surface area contributed by atoms with Crippen LogP contribution >= 0.6 is 0 Å². The minimum absolute atomic E-state index is 0.0349. The second kappa shape index (κ2) is 6.21. The van der Waals surface area contributed by atoms with Crippen molar-refractivity contribution < 1.29 is 14.7 Å². The molecule has 0 radical (unpaired) electrons. The molecule has 1 amide bonds. The molecule has 1 aliphatic rings. The van der Waals surface area contributed by atoms with Gasteiger partial charge < -0.3 is 10.4 Å². The van der Waals surface area contributed by atoms with E-state index in [0.717, 1.165) is 25.7 Å². The van der Waals surface area contributed by atoms with Gasteiger partial charge in [-0.3, -0.25) is 9.59 Å². The van der Waals surface area contributed by atoms with Crippen molar-refractivity contribution in [3.05, 3.63) is 0 Å². The van der Waals surface area contributed by atoms with Gasteiger partial charge in [-0.25, -0.2) is 0 Å². The maximum absolute atomic E-state index is 11.8. The third-order valence-corrected chi connectivity index (χ3v) is 3.46. The summed E-state index contributed by atoms with van der Waals surface area (Å²) in [7, 11) is 0. The molecule has 0 heterocycles. The molecule has 1 rings (SSSR count). The van der Waals surface area contributed by atoms with E-state index in [-0.39, 0.29) is 23.8 Å². The first-order valence-electron chi connectivity index (χ1n) is 6.80. The summed E-state index contributed by atoms with van der Waals surface area (Å²) in [5, 5.41) is 12.0. The van der Waals surface area contributed by atoms with Crippen LogP contribution in [0.4, 0.5) is 0 Å². The molecule has 18 heavy (non-hydrogen) atoms. The van der Waals surface area contributed by atoms with Crippen LogP contribution in [0.3, 0.4) is 0 Å². The average Bonchev–Trinajstić information content (AvgIpc) is 2.75. The van der Waals surface area contributed by atoms with Crippen molar-refractivity contribution in [2.45, 2.75) is 52.9 Å². The second-order valence-electron chi connectivity index (χ2n) is 6.53. The van der Waals surface area contributed by atoms with E-state index in [1.54, 1.807) is 0 Å². The van der Waals surface area contributed by atoms with E-state index >= 15 is 0 Å². The van der Waals surface area contributed by atoms with Crippen LogP contribution in [-0.4, -0.2) is 23.5 Å². The van der Waals surface area contributed by atoms with Gasteiger partial charge in [-0.15, -0.1) is 0 Å². The highest BCUT2D eigenvalue weighted by Crippen LogP contribution is 2.26. The van der Waals surface area contributed by atoms with Gasteiger partial charge in [0, 0.05) is 12.5 Å². The van der Waals surface area contributed by atoms with E-state index in [2.05, 4.69) is 5.32 Å². The highest BCUT2D eigenvalue weighted by molar-refractivity contribution is 5.79. The lowest BCUT2D eigenvalue weighted by atomic mass is 9.84. The highest BCUT2D eigenvalue weighted by atomic mass is 16.4. The maximum Gasteiger partial charge on any atom is 0.308 e. The first kappa shape index (κ1) is 15.0. The Kier molecular flexibility index (Phi) is 5.17. The number of amides is 1. The van der Waals surface area contributed by atoms with Gasteiger partial charge in [0.1, 0.15) is 0 Å².